The summed E-state index contributed by atoms with van der Waals surface area (Å²) in [6.45, 7) is 10.3. The van der Waals surface area contributed by atoms with Crippen molar-refractivity contribution in [2.24, 2.45) is 4.99 Å². The molecule has 2 N–H and O–H groups in total. The largest absolute Gasteiger partial charge is 0.454 e. The lowest BCUT2D eigenvalue weighted by atomic mass is 10.1. The number of ether oxygens (including phenoxy) is 2. The first-order chi connectivity index (χ1) is 12.1. The van der Waals surface area contributed by atoms with Crippen LogP contribution in [-0.4, -0.2) is 56.9 Å². The van der Waals surface area contributed by atoms with Gasteiger partial charge in [0.1, 0.15) is 0 Å². The molecule has 2 rings (SSSR count). The van der Waals surface area contributed by atoms with E-state index in [9.17, 15) is 0 Å². The average molecular weight is 476 g/mol. The number of aliphatic imine (C=N–C) groups is 1. The molecule has 26 heavy (non-hydrogen) atoms. The molecular formula is C19H33IN4O2. The molecule has 1 aliphatic heterocycles. The molecule has 1 aromatic carbocycles. The van der Waals surface area contributed by atoms with Crippen molar-refractivity contribution in [2.75, 3.05) is 40.0 Å². The van der Waals surface area contributed by atoms with Crippen LogP contribution in [0.5, 0.6) is 11.5 Å². The Labute approximate surface area is 174 Å². The summed E-state index contributed by atoms with van der Waals surface area (Å²) < 4.78 is 10.8. The first-order valence-electron chi connectivity index (χ1n) is 9.25. The van der Waals surface area contributed by atoms with Crippen LogP contribution >= 0.6 is 24.0 Å². The van der Waals surface area contributed by atoms with Gasteiger partial charge in [0.05, 0.1) is 6.54 Å². The number of halogens is 1. The van der Waals surface area contributed by atoms with E-state index in [-0.39, 0.29) is 24.0 Å². The van der Waals surface area contributed by atoms with Gasteiger partial charge in [0.2, 0.25) is 6.79 Å². The van der Waals surface area contributed by atoms with Crippen LogP contribution in [0.15, 0.2) is 23.2 Å². The third kappa shape index (κ3) is 7.19. The van der Waals surface area contributed by atoms with E-state index in [1.54, 1.807) is 0 Å². The Morgan fingerprint density at radius 1 is 1.23 bits per heavy atom. The molecule has 0 spiro atoms. The number of nitrogens with zero attached hydrogens (tertiary/aromatic N) is 2. The third-order valence-corrected chi connectivity index (χ3v) is 4.55. The zero-order chi connectivity index (χ0) is 18.1. The number of fused-ring (bicyclic) bond motifs is 1. The molecule has 1 heterocycles. The summed E-state index contributed by atoms with van der Waals surface area (Å²) in [6.07, 6.45) is 2.07. The summed E-state index contributed by atoms with van der Waals surface area (Å²) in [6, 6.07) is 6.70. The highest BCUT2D eigenvalue weighted by Crippen LogP contribution is 2.32. The van der Waals surface area contributed by atoms with E-state index in [1.165, 1.54) is 5.56 Å². The minimum atomic E-state index is 0. The van der Waals surface area contributed by atoms with Crippen molar-refractivity contribution < 1.29 is 9.47 Å². The van der Waals surface area contributed by atoms with Gasteiger partial charge in [-0.25, -0.2) is 0 Å². The second-order valence-electron chi connectivity index (χ2n) is 6.36. The first kappa shape index (κ1) is 22.8. The minimum Gasteiger partial charge on any atom is -0.454 e. The van der Waals surface area contributed by atoms with Crippen molar-refractivity contribution in [2.45, 2.75) is 39.7 Å². The highest BCUT2D eigenvalue weighted by atomic mass is 127. The van der Waals surface area contributed by atoms with Crippen LogP contribution in [0.2, 0.25) is 0 Å². The van der Waals surface area contributed by atoms with Crippen molar-refractivity contribution >= 4 is 29.9 Å². The molecule has 0 bridgehead atoms. The Kier molecular flexibility index (Phi) is 10.7. The summed E-state index contributed by atoms with van der Waals surface area (Å²) in [5.41, 5.74) is 1.23. The first-order valence-corrected chi connectivity index (χ1v) is 9.25. The molecule has 7 heteroatoms. The highest BCUT2D eigenvalue weighted by molar-refractivity contribution is 14.0. The van der Waals surface area contributed by atoms with Gasteiger partial charge in [0.25, 0.3) is 0 Å². The molecule has 0 aromatic heterocycles. The summed E-state index contributed by atoms with van der Waals surface area (Å²) in [5, 5.41) is 6.71. The molecule has 0 fully saturated rings. The van der Waals surface area contributed by atoms with Crippen molar-refractivity contribution in [3.8, 4) is 11.5 Å². The van der Waals surface area contributed by atoms with E-state index >= 15 is 0 Å². The summed E-state index contributed by atoms with van der Waals surface area (Å²) in [4.78, 5) is 7.01. The van der Waals surface area contributed by atoms with E-state index in [4.69, 9.17) is 9.47 Å². The van der Waals surface area contributed by atoms with E-state index in [0.29, 0.717) is 12.8 Å². The SMILES string of the molecule is CCNC(=NCCN(C)C(C)CC)NCCc1ccc2c(c1)OCO2.I. The van der Waals surface area contributed by atoms with Gasteiger partial charge in [-0.1, -0.05) is 13.0 Å². The Bertz CT molecular complexity index is 568. The minimum absolute atomic E-state index is 0. The number of guanidine groups is 1. The van der Waals surface area contributed by atoms with Gasteiger partial charge in [-0.2, -0.15) is 0 Å². The van der Waals surface area contributed by atoms with E-state index in [1.807, 2.05) is 6.07 Å². The van der Waals surface area contributed by atoms with Gasteiger partial charge in [0.15, 0.2) is 17.5 Å². The Morgan fingerprint density at radius 3 is 2.73 bits per heavy atom. The lowest BCUT2D eigenvalue weighted by molar-refractivity contribution is 0.174. The molecule has 0 radical (unpaired) electrons. The van der Waals surface area contributed by atoms with E-state index in [2.05, 4.69) is 60.5 Å². The van der Waals surface area contributed by atoms with E-state index < -0.39 is 0 Å². The molecule has 1 atom stereocenters. The number of likely N-dealkylation sites (N-methyl/N-ethyl adjacent to an activating group) is 1. The predicted octanol–water partition coefficient (Wildman–Crippen LogP) is 2.86. The fourth-order valence-corrected chi connectivity index (χ4v) is 2.62. The molecular weight excluding hydrogens is 443 g/mol. The fourth-order valence-electron chi connectivity index (χ4n) is 2.62. The fraction of sp³-hybridized carbons (Fsp3) is 0.632. The molecule has 1 aromatic rings. The molecule has 0 aliphatic carbocycles. The van der Waals surface area contributed by atoms with Crippen molar-refractivity contribution in [1.82, 2.24) is 15.5 Å². The predicted molar refractivity (Wildman–Crippen MR) is 118 cm³/mol. The lowest BCUT2D eigenvalue weighted by Gasteiger charge is -2.22. The number of hydrogen-bond donors (Lipinski definition) is 2. The lowest BCUT2D eigenvalue weighted by Crippen LogP contribution is -2.39. The standard InChI is InChI=1S/C19H32N4O2.HI/c1-5-15(3)23(4)12-11-22-19(20-6-2)21-10-9-16-7-8-17-18(13-16)25-14-24-17;/h7-8,13,15H,5-6,9-12,14H2,1-4H3,(H2,20,21,22);1H. The van der Waals surface area contributed by atoms with Crippen LogP contribution in [0.1, 0.15) is 32.8 Å². The maximum Gasteiger partial charge on any atom is 0.231 e. The Hall–Kier alpha value is -1.22. The maximum atomic E-state index is 5.43. The smallest absolute Gasteiger partial charge is 0.231 e. The van der Waals surface area contributed by atoms with Crippen molar-refractivity contribution in [3.63, 3.8) is 0 Å². The van der Waals surface area contributed by atoms with Crippen molar-refractivity contribution in [1.29, 1.82) is 0 Å². The number of benzene rings is 1. The second-order valence-corrected chi connectivity index (χ2v) is 6.36. The van der Waals surface area contributed by atoms with Crippen molar-refractivity contribution in [3.05, 3.63) is 23.8 Å². The Balaban J connectivity index is 0.00000338. The topological polar surface area (TPSA) is 58.1 Å². The third-order valence-electron chi connectivity index (χ3n) is 4.55. The maximum absolute atomic E-state index is 5.43. The molecule has 0 saturated heterocycles. The molecule has 1 unspecified atom stereocenters. The van der Waals surface area contributed by atoms with Crippen LogP contribution in [-0.2, 0) is 6.42 Å². The quantitative estimate of drug-likeness (QED) is 0.326. The number of hydrogen-bond acceptors (Lipinski definition) is 4. The number of rotatable bonds is 9. The average Bonchev–Trinajstić information content (AvgIpc) is 3.08. The number of nitrogens with one attached hydrogen (secondary N) is 2. The van der Waals surface area contributed by atoms with Gasteiger partial charge in [0, 0.05) is 25.7 Å². The summed E-state index contributed by atoms with van der Waals surface area (Å²) in [5.74, 6) is 2.55. The molecule has 0 saturated carbocycles. The Morgan fingerprint density at radius 2 is 2.00 bits per heavy atom. The van der Waals surface area contributed by atoms with Gasteiger partial charge in [-0.05, 0) is 51.4 Å². The van der Waals surface area contributed by atoms with Crippen LogP contribution in [0.3, 0.4) is 0 Å². The van der Waals surface area contributed by atoms with Gasteiger partial charge >= 0.3 is 0 Å². The van der Waals surface area contributed by atoms with Crippen LogP contribution in [0.25, 0.3) is 0 Å². The van der Waals surface area contributed by atoms with Crippen LogP contribution < -0.4 is 20.1 Å². The highest BCUT2D eigenvalue weighted by Gasteiger charge is 2.13. The zero-order valence-corrected chi connectivity index (χ0v) is 18.7. The molecule has 6 nitrogen and oxygen atoms in total. The van der Waals surface area contributed by atoms with Crippen LogP contribution in [0.4, 0.5) is 0 Å². The monoisotopic (exact) mass is 476 g/mol. The van der Waals surface area contributed by atoms with Gasteiger partial charge < -0.3 is 25.0 Å². The van der Waals surface area contributed by atoms with E-state index in [0.717, 1.165) is 56.5 Å². The molecule has 0 amide bonds. The van der Waals surface area contributed by atoms with Gasteiger partial charge in [-0.3, -0.25) is 4.99 Å². The summed E-state index contributed by atoms with van der Waals surface area (Å²) >= 11 is 0. The second kappa shape index (κ2) is 12.2. The normalized spacial score (nSPS) is 14.1. The van der Waals surface area contributed by atoms with Gasteiger partial charge in [-0.15, -0.1) is 24.0 Å². The molecule has 148 valence electrons. The summed E-state index contributed by atoms with van der Waals surface area (Å²) in [7, 11) is 2.16. The van der Waals surface area contributed by atoms with Crippen LogP contribution in [0, 0.1) is 0 Å². The zero-order valence-electron chi connectivity index (χ0n) is 16.4. The molecule has 1 aliphatic rings.